The summed E-state index contributed by atoms with van der Waals surface area (Å²) in [6.07, 6.45) is 93.9. The number of phosphoric acid groups is 2. The Morgan fingerprint density at radius 1 is 0.269 bits per heavy atom. The first-order valence-corrected chi connectivity index (χ1v) is 44.7. The quantitative estimate of drug-likeness (QED) is 0.0169. The second-order valence-electron chi connectivity index (χ2n) is 27.3. The minimum atomic E-state index is -5.01. The Balaban J connectivity index is 5.51. The molecular formula is C89H148O17P2. The van der Waals surface area contributed by atoms with Crippen molar-refractivity contribution in [1.29, 1.82) is 0 Å². The first-order chi connectivity index (χ1) is 52.7. The highest BCUT2D eigenvalue weighted by Gasteiger charge is 2.30. The van der Waals surface area contributed by atoms with E-state index >= 15 is 0 Å². The highest BCUT2D eigenvalue weighted by molar-refractivity contribution is 7.47. The number of aliphatic hydroxyl groups excluding tert-OH is 1. The molecule has 0 aliphatic heterocycles. The molecule has 0 rings (SSSR count). The van der Waals surface area contributed by atoms with E-state index in [1.165, 1.54) is 96.3 Å². The molecule has 17 nitrogen and oxygen atoms in total. The molecule has 19 heteroatoms. The van der Waals surface area contributed by atoms with E-state index in [1.54, 1.807) is 0 Å². The average Bonchev–Trinajstić information content (AvgIpc) is 0.923. The van der Waals surface area contributed by atoms with E-state index in [-0.39, 0.29) is 25.7 Å². The van der Waals surface area contributed by atoms with E-state index in [0.717, 1.165) is 135 Å². The van der Waals surface area contributed by atoms with Crippen LogP contribution in [0.15, 0.2) is 158 Å². The molecule has 0 spiro atoms. The van der Waals surface area contributed by atoms with Gasteiger partial charge in [0.25, 0.3) is 0 Å². The maximum Gasteiger partial charge on any atom is 0.472 e. The summed E-state index contributed by atoms with van der Waals surface area (Å²) in [5, 5.41) is 10.7. The lowest BCUT2D eigenvalue weighted by molar-refractivity contribution is -0.161. The van der Waals surface area contributed by atoms with Gasteiger partial charge in [-0.3, -0.25) is 37.3 Å². The minimum Gasteiger partial charge on any atom is -0.462 e. The number of aliphatic hydroxyl groups is 1. The lowest BCUT2D eigenvalue weighted by Crippen LogP contribution is -2.30. The van der Waals surface area contributed by atoms with Crippen LogP contribution in [0.5, 0.6) is 0 Å². The van der Waals surface area contributed by atoms with Crippen LogP contribution in [0.1, 0.15) is 323 Å². The van der Waals surface area contributed by atoms with Gasteiger partial charge in [0.15, 0.2) is 12.2 Å². The molecule has 0 aromatic rings. The van der Waals surface area contributed by atoms with Gasteiger partial charge in [-0.1, -0.05) is 301 Å². The number of phosphoric ester groups is 2. The number of ether oxygens (including phenoxy) is 4. The molecule has 2 unspecified atom stereocenters. The van der Waals surface area contributed by atoms with Crippen molar-refractivity contribution in [2.24, 2.45) is 0 Å². The number of carbonyl (C=O) groups is 4. The van der Waals surface area contributed by atoms with Crippen LogP contribution in [-0.2, 0) is 65.4 Å². The molecule has 0 saturated carbocycles. The minimum absolute atomic E-state index is 0.0290. The fraction of sp³-hybridized carbons (Fsp3) is 0.663. The van der Waals surface area contributed by atoms with Crippen LogP contribution in [0.4, 0.5) is 0 Å². The van der Waals surface area contributed by atoms with Crippen LogP contribution in [0.25, 0.3) is 0 Å². The van der Waals surface area contributed by atoms with Gasteiger partial charge in [-0.15, -0.1) is 0 Å². The number of unbranched alkanes of at least 4 members (excludes halogenated alkanes) is 25. The molecule has 0 aliphatic rings. The predicted molar refractivity (Wildman–Crippen MR) is 445 cm³/mol. The number of hydrogen-bond donors (Lipinski definition) is 3. The number of allylic oxidation sites excluding steroid dienone is 26. The predicted octanol–water partition coefficient (Wildman–Crippen LogP) is 24.8. The van der Waals surface area contributed by atoms with Crippen LogP contribution >= 0.6 is 15.6 Å². The third-order valence-electron chi connectivity index (χ3n) is 17.0. The molecule has 0 saturated heterocycles. The third kappa shape index (κ3) is 78.8. The lowest BCUT2D eigenvalue weighted by atomic mass is 10.1. The van der Waals surface area contributed by atoms with Gasteiger partial charge in [0.2, 0.25) is 0 Å². The van der Waals surface area contributed by atoms with Crippen molar-refractivity contribution >= 4 is 39.5 Å². The van der Waals surface area contributed by atoms with Gasteiger partial charge >= 0.3 is 39.5 Å². The SMILES string of the molecule is CC/C=C\C/C=C\C/C=C\C/C=C\C/C=C\C/C=C\CCC(=O)OC[C@H](COP(=O)(O)OC[C@@H](O)COP(=O)(O)OC[C@@H](COC(=O)CC/C=C\C/C=C\C/C=C\C/C=C\C/C=C\CCCCC)OC(=O)CCCCCCC/C=C\CCCCCCCC)OC(=O)CCCCCCC/C=C\CCCCCCCC. The molecule has 0 radical (unpaired) electrons. The molecular weight excluding hydrogens is 1400 g/mol. The molecule has 0 fully saturated rings. The smallest absolute Gasteiger partial charge is 0.462 e. The first-order valence-electron chi connectivity index (χ1n) is 41.7. The van der Waals surface area contributed by atoms with Crippen molar-refractivity contribution in [1.82, 2.24) is 0 Å². The maximum atomic E-state index is 13.1. The summed E-state index contributed by atoms with van der Waals surface area (Å²) >= 11 is 0. The Morgan fingerprint density at radius 2 is 0.500 bits per heavy atom. The van der Waals surface area contributed by atoms with Crippen LogP contribution < -0.4 is 0 Å². The lowest BCUT2D eigenvalue weighted by Gasteiger charge is -2.21. The van der Waals surface area contributed by atoms with E-state index in [4.69, 9.17) is 37.0 Å². The van der Waals surface area contributed by atoms with E-state index in [2.05, 4.69) is 155 Å². The Bertz CT molecular complexity index is 2660. The summed E-state index contributed by atoms with van der Waals surface area (Å²) < 4.78 is 68.5. The van der Waals surface area contributed by atoms with Gasteiger partial charge in [-0.2, -0.15) is 0 Å². The summed E-state index contributed by atoms with van der Waals surface area (Å²) in [7, 11) is -10.0. The van der Waals surface area contributed by atoms with Crippen molar-refractivity contribution in [3.8, 4) is 0 Å². The van der Waals surface area contributed by atoms with Gasteiger partial charge in [0.1, 0.15) is 19.3 Å². The second kappa shape index (κ2) is 79.8. The fourth-order valence-electron chi connectivity index (χ4n) is 10.6. The van der Waals surface area contributed by atoms with Crippen LogP contribution in [-0.4, -0.2) is 96.7 Å². The summed E-state index contributed by atoms with van der Waals surface area (Å²) in [6.45, 7) is 4.55. The van der Waals surface area contributed by atoms with Crippen LogP contribution in [0.2, 0.25) is 0 Å². The molecule has 108 heavy (non-hydrogen) atoms. The third-order valence-corrected chi connectivity index (χ3v) is 18.9. The van der Waals surface area contributed by atoms with Gasteiger partial charge in [-0.25, -0.2) is 9.13 Å². The van der Waals surface area contributed by atoms with Crippen molar-refractivity contribution in [2.75, 3.05) is 39.6 Å². The molecule has 3 N–H and O–H groups in total. The van der Waals surface area contributed by atoms with Crippen molar-refractivity contribution in [2.45, 2.75) is 341 Å². The van der Waals surface area contributed by atoms with E-state index in [0.29, 0.717) is 38.5 Å². The largest absolute Gasteiger partial charge is 0.472 e. The highest BCUT2D eigenvalue weighted by atomic mass is 31.2. The topological polar surface area (TPSA) is 237 Å². The Morgan fingerprint density at radius 3 is 0.806 bits per heavy atom. The van der Waals surface area contributed by atoms with Gasteiger partial charge in [0, 0.05) is 25.7 Å². The molecule has 0 bridgehead atoms. The van der Waals surface area contributed by atoms with Crippen LogP contribution in [0, 0.1) is 0 Å². The van der Waals surface area contributed by atoms with E-state index in [9.17, 15) is 43.2 Å². The number of esters is 4. The van der Waals surface area contributed by atoms with Gasteiger partial charge in [0.05, 0.1) is 26.4 Å². The Labute approximate surface area is 655 Å². The molecule has 0 aliphatic carbocycles. The molecule has 0 heterocycles. The second-order valence-corrected chi connectivity index (χ2v) is 30.2. The fourth-order valence-corrected chi connectivity index (χ4v) is 12.2. The average molecular weight is 1550 g/mol. The number of carbonyl (C=O) groups excluding carboxylic acids is 4. The molecule has 0 aromatic heterocycles. The Kier molecular flexibility index (Phi) is 75.8. The monoisotopic (exact) mass is 1550 g/mol. The number of rotatable bonds is 77. The molecule has 5 atom stereocenters. The summed E-state index contributed by atoms with van der Waals surface area (Å²) in [4.78, 5) is 73.1. The zero-order valence-corrected chi connectivity index (χ0v) is 69.3. The molecule has 0 aromatic carbocycles. The van der Waals surface area contributed by atoms with Crippen molar-refractivity contribution in [3.05, 3.63) is 158 Å². The zero-order valence-electron chi connectivity index (χ0n) is 67.5. The maximum absolute atomic E-state index is 13.1. The van der Waals surface area contributed by atoms with Crippen LogP contribution in [0.3, 0.4) is 0 Å². The first kappa shape index (κ1) is 103. The Hall–Kier alpha value is -5.32. The molecule has 0 amide bonds. The summed E-state index contributed by atoms with van der Waals surface area (Å²) in [5.74, 6) is -2.39. The van der Waals surface area contributed by atoms with Crippen molar-refractivity contribution in [3.63, 3.8) is 0 Å². The highest BCUT2D eigenvalue weighted by Crippen LogP contribution is 2.45. The summed E-state index contributed by atoms with van der Waals surface area (Å²) in [6, 6.07) is 0. The van der Waals surface area contributed by atoms with Gasteiger partial charge in [-0.05, 0) is 154 Å². The van der Waals surface area contributed by atoms with Gasteiger partial charge < -0.3 is 33.8 Å². The van der Waals surface area contributed by atoms with Crippen molar-refractivity contribution < 1.29 is 80.2 Å². The number of hydrogen-bond acceptors (Lipinski definition) is 15. The zero-order chi connectivity index (χ0) is 78.9. The van der Waals surface area contributed by atoms with E-state index in [1.807, 2.05) is 30.4 Å². The molecule has 616 valence electrons. The normalized spacial score (nSPS) is 14.6. The summed E-state index contributed by atoms with van der Waals surface area (Å²) in [5.41, 5.74) is 0. The van der Waals surface area contributed by atoms with E-state index < -0.39 is 97.5 Å². The standard InChI is InChI=1S/C89H148O17P2/c1-5-9-13-17-21-25-29-33-37-39-41-43-47-49-53-57-61-65-69-73-86(91)99-79-84(105-88(93)75-71-67-63-59-55-51-45-35-31-27-23-19-15-11-7-3)81-103-107(95,96)101-77-83(90)78-102-108(97,98)104-82-85(106-89(94)76-72-68-64-60-56-52-46-36-32-28-24-20-16-12-8-4)80-100-87(92)74-70-66-62-58-54-50-48-44-42-40-38-34-30-26-22-18-14-10-6-2/h9,13,21-22,25-26,33-38,41-46,49-50,53-54,61-62,65-66,83-85,90H,5-8,10-12,14-20,23-24,27-32,39-40,47-48,51-52,55-60,63-64,67-82H2,1-4H3,(H,95,96)(H,97,98)/b13-9-,25-21-,26-22-,37-33-,38-34-,43-41-,44-42-,45-35-,46-36-,53-49-,54-50-,65-61-,66-62-/t83-,84-,85-/m1/s1.